The van der Waals surface area contributed by atoms with Crippen LogP contribution in [0.15, 0.2) is 30.5 Å². The molecule has 2 heterocycles. The monoisotopic (exact) mass is 375 g/mol. The van der Waals surface area contributed by atoms with E-state index in [1.165, 1.54) is 17.4 Å². The lowest BCUT2D eigenvalue weighted by atomic mass is 10.3. The standard InChI is InChI=1S/C18H22FN5OS/c1-12(2)24-14(8-9-20-24)17(25)23(11-10-22(3)4)18-21-16-13(19)6-5-7-15(16)26-18/h5-9,12H,10-11H2,1-4H3. The second-order valence-electron chi connectivity index (χ2n) is 6.60. The molecule has 0 atom stereocenters. The quantitative estimate of drug-likeness (QED) is 0.662. The summed E-state index contributed by atoms with van der Waals surface area (Å²) < 4.78 is 16.5. The Bertz CT molecular complexity index is 917. The summed E-state index contributed by atoms with van der Waals surface area (Å²) in [5, 5.41) is 4.74. The van der Waals surface area contributed by atoms with Gasteiger partial charge in [0.05, 0.1) is 4.70 Å². The molecule has 0 spiro atoms. The van der Waals surface area contributed by atoms with Crippen LogP contribution >= 0.6 is 11.3 Å². The van der Waals surface area contributed by atoms with Crippen LogP contribution in [0.5, 0.6) is 0 Å². The molecule has 0 saturated carbocycles. The van der Waals surface area contributed by atoms with Gasteiger partial charge in [-0.15, -0.1) is 0 Å². The fourth-order valence-electron chi connectivity index (χ4n) is 2.64. The van der Waals surface area contributed by atoms with Gasteiger partial charge in [-0.2, -0.15) is 5.10 Å². The average molecular weight is 375 g/mol. The highest BCUT2D eigenvalue weighted by Crippen LogP contribution is 2.31. The molecule has 0 unspecified atom stereocenters. The molecule has 0 saturated heterocycles. The van der Waals surface area contributed by atoms with Gasteiger partial charge in [-0.3, -0.25) is 14.4 Å². The number of anilines is 1. The number of hydrogen-bond acceptors (Lipinski definition) is 5. The molecule has 0 aliphatic heterocycles. The first kappa shape index (κ1) is 18.5. The molecule has 138 valence electrons. The van der Waals surface area contributed by atoms with Crippen LogP contribution in [0.4, 0.5) is 9.52 Å². The zero-order chi connectivity index (χ0) is 18.8. The number of para-hydroxylation sites is 1. The maximum absolute atomic E-state index is 14.0. The fourth-order valence-corrected chi connectivity index (χ4v) is 3.64. The predicted molar refractivity (Wildman–Crippen MR) is 102 cm³/mol. The minimum Gasteiger partial charge on any atom is -0.308 e. The van der Waals surface area contributed by atoms with Crippen molar-refractivity contribution in [1.82, 2.24) is 19.7 Å². The number of thiazole rings is 1. The van der Waals surface area contributed by atoms with Crippen molar-refractivity contribution in [3.63, 3.8) is 0 Å². The van der Waals surface area contributed by atoms with Crippen LogP contribution in [-0.4, -0.2) is 52.8 Å². The number of carbonyl (C=O) groups is 1. The molecule has 0 fully saturated rings. The second-order valence-corrected chi connectivity index (χ2v) is 7.61. The smallest absolute Gasteiger partial charge is 0.278 e. The molecule has 3 rings (SSSR count). The Labute approximate surface area is 155 Å². The summed E-state index contributed by atoms with van der Waals surface area (Å²) in [6.45, 7) is 5.07. The molecule has 0 radical (unpaired) electrons. The highest BCUT2D eigenvalue weighted by Gasteiger charge is 2.25. The van der Waals surface area contributed by atoms with Crippen LogP contribution in [0.3, 0.4) is 0 Å². The van der Waals surface area contributed by atoms with Gasteiger partial charge in [-0.25, -0.2) is 9.37 Å². The van der Waals surface area contributed by atoms with Crippen molar-refractivity contribution < 1.29 is 9.18 Å². The number of aromatic nitrogens is 3. The van der Waals surface area contributed by atoms with E-state index >= 15 is 0 Å². The summed E-state index contributed by atoms with van der Waals surface area (Å²) in [6.07, 6.45) is 1.62. The van der Waals surface area contributed by atoms with Crippen molar-refractivity contribution >= 4 is 32.6 Å². The number of nitrogens with zero attached hydrogens (tertiary/aromatic N) is 5. The van der Waals surface area contributed by atoms with Crippen molar-refractivity contribution in [2.24, 2.45) is 0 Å². The minimum atomic E-state index is -0.378. The number of fused-ring (bicyclic) bond motifs is 1. The van der Waals surface area contributed by atoms with E-state index < -0.39 is 0 Å². The van der Waals surface area contributed by atoms with Gasteiger partial charge in [0.15, 0.2) is 5.13 Å². The number of hydrogen-bond donors (Lipinski definition) is 0. The lowest BCUT2D eigenvalue weighted by molar-refractivity contribution is 0.0973. The van der Waals surface area contributed by atoms with E-state index in [0.717, 1.165) is 4.70 Å². The Morgan fingerprint density at radius 2 is 2.04 bits per heavy atom. The first-order chi connectivity index (χ1) is 12.4. The van der Waals surface area contributed by atoms with Gasteiger partial charge in [0.25, 0.3) is 5.91 Å². The third kappa shape index (κ3) is 3.61. The summed E-state index contributed by atoms with van der Waals surface area (Å²) in [7, 11) is 3.89. The minimum absolute atomic E-state index is 0.0625. The van der Waals surface area contributed by atoms with Crippen LogP contribution in [0.25, 0.3) is 10.2 Å². The van der Waals surface area contributed by atoms with Gasteiger partial charge in [0.2, 0.25) is 0 Å². The topological polar surface area (TPSA) is 54.3 Å². The molecule has 26 heavy (non-hydrogen) atoms. The Morgan fingerprint density at radius 1 is 1.27 bits per heavy atom. The highest BCUT2D eigenvalue weighted by atomic mass is 32.1. The lowest BCUT2D eigenvalue weighted by Crippen LogP contribution is -2.38. The Hall–Kier alpha value is -2.32. The fraction of sp³-hybridized carbons (Fsp3) is 0.389. The second kappa shape index (κ2) is 7.51. The maximum atomic E-state index is 14.0. The van der Waals surface area contributed by atoms with E-state index in [4.69, 9.17) is 0 Å². The van der Waals surface area contributed by atoms with E-state index in [-0.39, 0.29) is 17.8 Å². The van der Waals surface area contributed by atoms with Crippen LogP contribution in [-0.2, 0) is 0 Å². The Morgan fingerprint density at radius 3 is 2.69 bits per heavy atom. The number of halogens is 1. The first-order valence-corrected chi connectivity index (χ1v) is 9.25. The largest absolute Gasteiger partial charge is 0.308 e. The van der Waals surface area contributed by atoms with Crippen LogP contribution in [0.2, 0.25) is 0 Å². The molecule has 3 aromatic rings. The van der Waals surface area contributed by atoms with E-state index in [0.29, 0.717) is 29.4 Å². The zero-order valence-corrected chi connectivity index (χ0v) is 16.1. The van der Waals surface area contributed by atoms with Gasteiger partial charge in [0.1, 0.15) is 17.0 Å². The first-order valence-electron chi connectivity index (χ1n) is 8.43. The van der Waals surface area contributed by atoms with Gasteiger partial charge in [0, 0.05) is 25.3 Å². The van der Waals surface area contributed by atoms with E-state index in [9.17, 15) is 9.18 Å². The SMILES string of the molecule is CC(C)n1nccc1C(=O)N(CCN(C)C)c1nc2c(F)cccc2s1. The number of carbonyl (C=O) groups excluding carboxylic acids is 1. The molecular weight excluding hydrogens is 353 g/mol. The summed E-state index contributed by atoms with van der Waals surface area (Å²) in [6, 6.07) is 6.61. The molecule has 1 amide bonds. The molecular formula is C18H22FN5OS. The number of rotatable bonds is 6. The van der Waals surface area contributed by atoms with Crippen molar-refractivity contribution in [3.8, 4) is 0 Å². The molecule has 1 aromatic carbocycles. The van der Waals surface area contributed by atoms with Crippen LogP contribution in [0.1, 0.15) is 30.4 Å². The van der Waals surface area contributed by atoms with Crippen molar-refractivity contribution in [3.05, 3.63) is 42.0 Å². The van der Waals surface area contributed by atoms with Crippen molar-refractivity contribution in [2.75, 3.05) is 32.1 Å². The van der Waals surface area contributed by atoms with Crippen molar-refractivity contribution in [1.29, 1.82) is 0 Å². The molecule has 2 aromatic heterocycles. The maximum Gasteiger partial charge on any atom is 0.278 e. The molecule has 0 aliphatic carbocycles. The molecule has 6 nitrogen and oxygen atoms in total. The molecule has 0 bridgehead atoms. The van der Waals surface area contributed by atoms with Gasteiger partial charge >= 0.3 is 0 Å². The Kier molecular flexibility index (Phi) is 5.33. The summed E-state index contributed by atoms with van der Waals surface area (Å²) in [5.41, 5.74) is 0.797. The lowest BCUT2D eigenvalue weighted by Gasteiger charge is -2.22. The van der Waals surface area contributed by atoms with Gasteiger partial charge in [-0.1, -0.05) is 17.4 Å². The Balaban J connectivity index is 2.02. The van der Waals surface area contributed by atoms with Gasteiger partial charge < -0.3 is 4.90 Å². The van der Waals surface area contributed by atoms with Crippen molar-refractivity contribution in [2.45, 2.75) is 19.9 Å². The van der Waals surface area contributed by atoms with Crippen LogP contribution < -0.4 is 4.90 Å². The van der Waals surface area contributed by atoms with Gasteiger partial charge in [-0.05, 0) is 46.1 Å². The predicted octanol–water partition coefficient (Wildman–Crippen LogP) is 3.42. The zero-order valence-electron chi connectivity index (χ0n) is 15.3. The van der Waals surface area contributed by atoms with E-state index in [2.05, 4.69) is 10.1 Å². The molecule has 0 N–H and O–H groups in total. The number of amides is 1. The average Bonchev–Trinajstić information content (AvgIpc) is 3.22. The molecule has 8 heteroatoms. The third-order valence-electron chi connectivity index (χ3n) is 3.98. The summed E-state index contributed by atoms with van der Waals surface area (Å²) in [5.74, 6) is -0.560. The van der Waals surface area contributed by atoms with Crippen LogP contribution in [0, 0.1) is 5.82 Å². The summed E-state index contributed by atoms with van der Waals surface area (Å²) in [4.78, 5) is 21.2. The third-order valence-corrected chi connectivity index (χ3v) is 5.03. The van der Waals surface area contributed by atoms with E-state index in [1.54, 1.807) is 27.9 Å². The number of benzene rings is 1. The normalized spacial score (nSPS) is 11.7. The highest BCUT2D eigenvalue weighted by molar-refractivity contribution is 7.22. The van der Waals surface area contributed by atoms with E-state index in [1.807, 2.05) is 38.9 Å². The number of likely N-dealkylation sites (N-methyl/N-ethyl adjacent to an activating group) is 1. The molecule has 0 aliphatic rings. The summed E-state index contributed by atoms with van der Waals surface area (Å²) >= 11 is 1.32.